The second kappa shape index (κ2) is 5.85. The molecule has 1 atom stereocenters. The number of amides is 1. The fourth-order valence-electron chi connectivity index (χ4n) is 2.54. The highest BCUT2D eigenvalue weighted by Crippen LogP contribution is 2.34. The van der Waals surface area contributed by atoms with Gasteiger partial charge in [-0.3, -0.25) is 19.7 Å². The highest BCUT2D eigenvalue weighted by molar-refractivity contribution is 8.14. The quantitative estimate of drug-likeness (QED) is 0.633. The number of carbonyl (C=O) groups excluding carboxylic acids is 2. The van der Waals surface area contributed by atoms with Gasteiger partial charge < -0.3 is 4.90 Å². The fraction of sp³-hybridized carbons (Fsp3) is 0.429. The lowest BCUT2D eigenvalue weighted by molar-refractivity contribution is -0.385. The number of carbonyl (C=O) groups is 2. The molecule has 112 valence electrons. The number of nitro groups is 1. The molecule has 1 heterocycles. The number of nitrogens with zero attached hydrogens (tertiary/aromatic N) is 2. The number of thioether (sulfide) groups is 1. The highest BCUT2D eigenvalue weighted by Gasteiger charge is 2.33. The molecule has 0 N–H and O–H groups in total. The Bertz CT molecular complexity index is 630. The van der Waals surface area contributed by atoms with Crippen LogP contribution in [0.15, 0.2) is 12.1 Å². The van der Waals surface area contributed by atoms with Crippen LogP contribution in [0.3, 0.4) is 0 Å². The maximum atomic E-state index is 12.1. The molecule has 0 bridgehead atoms. The van der Waals surface area contributed by atoms with Gasteiger partial charge in [-0.1, -0.05) is 11.8 Å². The molecular formula is C14H16N2O4S. The molecule has 1 saturated heterocycles. The van der Waals surface area contributed by atoms with Crippen LogP contribution in [0, 0.1) is 24.0 Å². The van der Waals surface area contributed by atoms with Gasteiger partial charge >= 0.3 is 0 Å². The van der Waals surface area contributed by atoms with Crippen molar-refractivity contribution in [3.63, 3.8) is 0 Å². The van der Waals surface area contributed by atoms with Crippen molar-refractivity contribution in [1.82, 2.24) is 0 Å². The molecule has 0 aliphatic carbocycles. The number of nitro benzene ring substituents is 1. The van der Waals surface area contributed by atoms with Crippen molar-refractivity contribution in [3.05, 3.63) is 33.4 Å². The van der Waals surface area contributed by atoms with Crippen LogP contribution in [0.5, 0.6) is 0 Å². The minimum absolute atomic E-state index is 0.00562. The number of hydrogen-bond donors (Lipinski definition) is 0. The molecule has 1 aliphatic rings. The van der Waals surface area contributed by atoms with Crippen LogP contribution in [0.4, 0.5) is 11.4 Å². The third-order valence-corrected chi connectivity index (χ3v) is 4.41. The monoisotopic (exact) mass is 308 g/mol. The molecule has 0 spiro atoms. The van der Waals surface area contributed by atoms with Gasteiger partial charge in [-0.05, 0) is 25.5 Å². The van der Waals surface area contributed by atoms with Gasteiger partial charge in [0, 0.05) is 36.8 Å². The largest absolute Gasteiger partial charge is 0.311 e. The molecule has 1 amide bonds. The van der Waals surface area contributed by atoms with E-state index < -0.39 is 4.92 Å². The molecule has 0 radical (unpaired) electrons. The Morgan fingerprint density at radius 3 is 2.62 bits per heavy atom. The van der Waals surface area contributed by atoms with Gasteiger partial charge in [0.05, 0.1) is 10.6 Å². The number of rotatable bonds is 3. The molecule has 6 nitrogen and oxygen atoms in total. The summed E-state index contributed by atoms with van der Waals surface area (Å²) < 4.78 is 0. The Kier molecular flexibility index (Phi) is 4.32. The second-order valence-electron chi connectivity index (χ2n) is 5.12. The molecule has 1 aromatic rings. The Morgan fingerprint density at radius 1 is 1.38 bits per heavy atom. The smallest absolute Gasteiger partial charge is 0.274 e. The highest BCUT2D eigenvalue weighted by atomic mass is 32.2. The summed E-state index contributed by atoms with van der Waals surface area (Å²) in [6, 6.07) is 3.16. The van der Waals surface area contributed by atoms with Crippen molar-refractivity contribution < 1.29 is 14.5 Å². The Hall–Kier alpha value is -1.89. The van der Waals surface area contributed by atoms with Gasteiger partial charge in [-0.15, -0.1) is 0 Å². The Labute approximate surface area is 126 Å². The van der Waals surface area contributed by atoms with E-state index in [9.17, 15) is 19.7 Å². The van der Waals surface area contributed by atoms with Gasteiger partial charge in [0.2, 0.25) is 5.91 Å². The maximum Gasteiger partial charge on any atom is 0.274 e. The predicted octanol–water partition coefficient (Wildman–Crippen LogP) is 2.60. The summed E-state index contributed by atoms with van der Waals surface area (Å²) >= 11 is 1.15. The van der Waals surface area contributed by atoms with Gasteiger partial charge in [0.15, 0.2) is 5.12 Å². The summed E-state index contributed by atoms with van der Waals surface area (Å²) in [5.41, 5.74) is 1.96. The van der Waals surface area contributed by atoms with E-state index in [2.05, 4.69) is 0 Å². The van der Waals surface area contributed by atoms with Gasteiger partial charge in [0.25, 0.3) is 5.69 Å². The second-order valence-corrected chi connectivity index (χ2v) is 6.60. The van der Waals surface area contributed by atoms with Crippen LogP contribution >= 0.6 is 11.8 Å². The molecule has 0 saturated carbocycles. The SMILES string of the molecule is CC(=O)SC1CC(=O)N(c2cc([N+](=O)[O-])c(C)cc2C)C1. The average molecular weight is 308 g/mol. The molecular weight excluding hydrogens is 292 g/mol. The topological polar surface area (TPSA) is 80.5 Å². The van der Waals surface area contributed by atoms with E-state index in [1.165, 1.54) is 13.0 Å². The molecule has 1 aromatic carbocycles. The zero-order chi connectivity index (χ0) is 15.7. The molecule has 1 aliphatic heterocycles. The average Bonchev–Trinajstić information content (AvgIpc) is 2.68. The lowest BCUT2D eigenvalue weighted by atomic mass is 10.1. The van der Waals surface area contributed by atoms with Gasteiger partial charge in [-0.2, -0.15) is 0 Å². The third kappa shape index (κ3) is 3.24. The number of aryl methyl sites for hydroxylation is 2. The first-order valence-electron chi connectivity index (χ1n) is 6.53. The minimum atomic E-state index is -0.444. The van der Waals surface area contributed by atoms with Crippen molar-refractivity contribution in [3.8, 4) is 0 Å². The van der Waals surface area contributed by atoms with Crippen LogP contribution in [0.1, 0.15) is 24.5 Å². The summed E-state index contributed by atoms with van der Waals surface area (Å²) in [7, 11) is 0. The van der Waals surface area contributed by atoms with Crippen molar-refractivity contribution in [2.45, 2.75) is 32.4 Å². The van der Waals surface area contributed by atoms with E-state index >= 15 is 0 Å². The number of anilines is 1. The zero-order valence-corrected chi connectivity index (χ0v) is 12.9. The minimum Gasteiger partial charge on any atom is -0.311 e. The summed E-state index contributed by atoms with van der Waals surface area (Å²) in [6.45, 7) is 5.38. The number of benzene rings is 1. The molecule has 1 fully saturated rings. The first kappa shape index (κ1) is 15.5. The predicted molar refractivity (Wildman–Crippen MR) is 81.6 cm³/mol. The van der Waals surface area contributed by atoms with E-state index in [-0.39, 0.29) is 28.4 Å². The molecule has 1 unspecified atom stereocenters. The Balaban J connectivity index is 2.34. The van der Waals surface area contributed by atoms with Gasteiger partial charge in [0.1, 0.15) is 0 Å². The van der Waals surface area contributed by atoms with E-state index in [1.54, 1.807) is 17.9 Å². The zero-order valence-electron chi connectivity index (χ0n) is 12.1. The van der Waals surface area contributed by atoms with Crippen LogP contribution < -0.4 is 4.90 Å². The first-order chi connectivity index (χ1) is 9.79. The normalized spacial score (nSPS) is 18.1. The molecule has 7 heteroatoms. The standard InChI is InChI=1S/C14H16N2O4S/c1-8-4-9(2)13(16(19)20)6-12(8)15-7-11(5-14(15)18)21-10(3)17/h4,6,11H,5,7H2,1-3H3. The van der Waals surface area contributed by atoms with Crippen molar-refractivity contribution in [2.24, 2.45) is 0 Å². The fourth-order valence-corrected chi connectivity index (χ4v) is 3.46. The summed E-state index contributed by atoms with van der Waals surface area (Å²) in [5.74, 6) is -0.102. The third-order valence-electron chi connectivity index (χ3n) is 3.42. The van der Waals surface area contributed by atoms with Crippen molar-refractivity contribution >= 4 is 34.2 Å². The van der Waals surface area contributed by atoms with Gasteiger partial charge in [-0.25, -0.2) is 0 Å². The summed E-state index contributed by atoms with van der Waals surface area (Å²) in [5, 5.41) is 10.9. The summed E-state index contributed by atoms with van der Waals surface area (Å²) in [4.78, 5) is 35.4. The molecule has 2 rings (SSSR count). The van der Waals surface area contributed by atoms with Crippen LogP contribution in [-0.2, 0) is 9.59 Å². The lowest BCUT2D eigenvalue weighted by Gasteiger charge is -2.19. The molecule has 0 aromatic heterocycles. The van der Waals surface area contributed by atoms with Crippen LogP contribution in [-0.4, -0.2) is 27.7 Å². The van der Waals surface area contributed by atoms with Crippen LogP contribution in [0.2, 0.25) is 0 Å². The van der Waals surface area contributed by atoms with E-state index in [4.69, 9.17) is 0 Å². The lowest BCUT2D eigenvalue weighted by Crippen LogP contribution is -2.26. The Morgan fingerprint density at radius 2 is 2.05 bits per heavy atom. The summed E-state index contributed by atoms with van der Waals surface area (Å²) in [6.07, 6.45) is 0.283. The first-order valence-corrected chi connectivity index (χ1v) is 7.40. The number of hydrogen-bond acceptors (Lipinski definition) is 5. The van der Waals surface area contributed by atoms with E-state index in [1.807, 2.05) is 6.92 Å². The van der Waals surface area contributed by atoms with E-state index in [0.29, 0.717) is 17.8 Å². The van der Waals surface area contributed by atoms with Crippen molar-refractivity contribution in [2.75, 3.05) is 11.4 Å². The van der Waals surface area contributed by atoms with Crippen molar-refractivity contribution in [1.29, 1.82) is 0 Å². The van der Waals surface area contributed by atoms with Crippen LogP contribution in [0.25, 0.3) is 0 Å². The van der Waals surface area contributed by atoms with E-state index in [0.717, 1.165) is 17.3 Å². The maximum absolute atomic E-state index is 12.1. The molecule has 21 heavy (non-hydrogen) atoms.